The summed E-state index contributed by atoms with van der Waals surface area (Å²) in [4.78, 5) is 12.2. The molecule has 3 N–H and O–H groups in total. The Labute approximate surface area is 133 Å². The second kappa shape index (κ2) is 6.43. The molecule has 1 aromatic carbocycles. The fourth-order valence-electron chi connectivity index (χ4n) is 1.83. The third kappa shape index (κ3) is 4.77. The smallest absolute Gasteiger partial charge is 0.252 e. The molecule has 8 heteroatoms. The predicted octanol–water partition coefficient (Wildman–Crippen LogP) is 1.56. The second-order valence-corrected chi connectivity index (χ2v) is 7.81. The molecule has 21 heavy (non-hydrogen) atoms. The Balaban J connectivity index is 3.24. The molecule has 118 valence electrons. The average Bonchev–Trinajstić information content (AvgIpc) is 2.29. The van der Waals surface area contributed by atoms with Crippen LogP contribution in [0, 0.1) is 6.92 Å². The van der Waals surface area contributed by atoms with Crippen LogP contribution in [0.1, 0.15) is 29.8 Å². The highest BCUT2D eigenvalue weighted by Crippen LogP contribution is 2.24. The minimum Gasteiger partial charge on any atom is -0.382 e. The zero-order chi connectivity index (χ0) is 16.4. The lowest BCUT2D eigenvalue weighted by atomic mass is 10.0. The van der Waals surface area contributed by atoms with Crippen molar-refractivity contribution in [2.45, 2.75) is 31.2 Å². The summed E-state index contributed by atoms with van der Waals surface area (Å²) in [7, 11) is -2.35. The van der Waals surface area contributed by atoms with Gasteiger partial charge in [0.1, 0.15) is 0 Å². The van der Waals surface area contributed by atoms with Gasteiger partial charge >= 0.3 is 0 Å². The maximum atomic E-state index is 12.4. The highest BCUT2D eigenvalue weighted by molar-refractivity contribution is 9.10. The summed E-state index contributed by atoms with van der Waals surface area (Å²) in [5, 5.41) is 7.92. The fraction of sp³-hybridized carbons (Fsp3) is 0.462. The topological polar surface area (TPSA) is 98.5 Å². The van der Waals surface area contributed by atoms with E-state index in [4.69, 9.17) is 9.88 Å². The van der Waals surface area contributed by atoms with E-state index in [-0.39, 0.29) is 16.4 Å². The van der Waals surface area contributed by atoms with E-state index in [0.717, 1.165) is 0 Å². The summed E-state index contributed by atoms with van der Waals surface area (Å²) >= 11 is 3.24. The number of carbonyl (C=O) groups is 1. The van der Waals surface area contributed by atoms with E-state index < -0.39 is 15.6 Å². The van der Waals surface area contributed by atoms with Crippen LogP contribution in [0.2, 0.25) is 0 Å². The largest absolute Gasteiger partial charge is 0.382 e. The number of nitrogens with one attached hydrogen (secondary N) is 1. The van der Waals surface area contributed by atoms with Crippen molar-refractivity contribution in [1.82, 2.24) is 5.32 Å². The predicted molar refractivity (Wildman–Crippen MR) is 83.7 cm³/mol. The molecule has 0 radical (unpaired) electrons. The standard InChI is InChI=1S/C13H19BrN2O4S/c1-8-10(12(17)16-13(2,3)7-20-4)5-9(6-11(8)14)21(15,18)19/h5-6H,7H2,1-4H3,(H,16,17)(H2,15,18,19). The van der Waals surface area contributed by atoms with Crippen molar-refractivity contribution < 1.29 is 17.9 Å². The van der Waals surface area contributed by atoms with Crippen molar-refractivity contribution in [2.24, 2.45) is 5.14 Å². The summed E-state index contributed by atoms with van der Waals surface area (Å²) < 4.78 is 28.5. The zero-order valence-electron chi connectivity index (χ0n) is 12.4. The Hall–Kier alpha value is -0.960. The van der Waals surface area contributed by atoms with Gasteiger partial charge in [0, 0.05) is 17.1 Å². The van der Waals surface area contributed by atoms with E-state index in [1.165, 1.54) is 19.2 Å². The Morgan fingerprint density at radius 3 is 2.48 bits per heavy atom. The maximum absolute atomic E-state index is 12.4. The molecule has 1 amide bonds. The van der Waals surface area contributed by atoms with Gasteiger partial charge in [0.15, 0.2) is 0 Å². The van der Waals surface area contributed by atoms with Crippen LogP contribution in [-0.2, 0) is 14.8 Å². The molecule has 0 atom stereocenters. The first-order chi connectivity index (χ1) is 9.48. The number of rotatable bonds is 5. The third-order valence-electron chi connectivity index (χ3n) is 2.85. The number of sulfonamides is 1. The second-order valence-electron chi connectivity index (χ2n) is 5.39. The Morgan fingerprint density at radius 1 is 1.43 bits per heavy atom. The van der Waals surface area contributed by atoms with Crippen LogP contribution < -0.4 is 10.5 Å². The summed E-state index contributed by atoms with van der Waals surface area (Å²) in [6, 6.07) is 2.65. The molecule has 6 nitrogen and oxygen atoms in total. The van der Waals surface area contributed by atoms with Gasteiger partial charge in [0.05, 0.1) is 17.0 Å². The first-order valence-electron chi connectivity index (χ1n) is 6.12. The molecule has 0 saturated carbocycles. The van der Waals surface area contributed by atoms with Crippen LogP contribution in [-0.4, -0.2) is 33.6 Å². The van der Waals surface area contributed by atoms with Crippen LogP contribution in [0.3, 0.4) is 0 Å². The van der Waals surface area contributed by atoms with Crippen LogP contribution in [0.15, 0.2) is 21.5 Å². The lowest BCUT2D eigenvalue weighted by Gasteiger charge is -2.26. The van der Waals surface area contributed by atoms with Crippen LogP contribution in [0.5, 0.6) is 0 Å². The molecule has 0 saturated heterocycles. The van der Waals surface area contributed by atoms with Gasteiger partial charge in [-0.05, 0) is 38.5 Å². The van der Waals surface area contributed by atoms with Crippen molar-refractivity contribution in [3.05, 3.63) is 27.7 Å². The number of methoxy groups -OCH3 is 1. The highest BCUT2D eigenvalue weighted by atomic mass is 79.9. The lowest BCUT2D eigenvalue weighted by molar-refractivity contribution is 0.0819. The number of halogens is 1. The van der Waals surface area contributed by atoms with E-state index in [9.17, 15) is 13.2 Å². The van der Waals surface area contributed by atoms with E-state index in [1.807, 2.05) is 13.8 Å². The molecule has 0 aliphatic carbocycles. The molecule has 0 aromatic heterocycles. The van der Waals surface area contributed by atoms with Crippen molar-refractivity contribution in [2.75, 3.05) is 13.7 Å². The minimum absolute atomic E-state index is 0.116. The first kappa shape index (κ1) is 18.1. The normalized spacial score (nSPS) is 12.3. The average molecular weight is 379 g/mol. The van der Waals surface area contributed by atoms with Gasteiger partial charge in [-0.2, -0.15) is 0 Å². The van der Waals surface area contributed by atoms with Crippen LogP contribution in [0.25, 0.3) is 0 Å². The number of hydrogen-bond donors (Lipinski definition) is 2. The summed E-state index contributed by atoms with van der Waals surface area (Å²) in [5.41, 5.74) is 0.299. The highest BCUT2D eigenvalue weighted by Gasteiger charge is 2.24. The first-order valence-corrected chi connectivity index (χ1v) is 8.46. The quantitative estimate of drug-likeness (QED) is 0.811. The molecule has 1 aromatic rings. The number of primary sulfonamides is 1. The van der Waals surface area contributed by atoms with E-state index in [1.54, 1.807) is 6.92 Å². The molecule has 0 aliphatic rings. The van der Waals surface area contributed by atoms with E-state index >= 15 is 0 Å². The Kier molecular flexibility index (Phi) is 5.54. The number of ether oxygens (including phenoxy) is 1. The van der Waals surface area contributed by atoms with E-state index in [2.05, 4.69) is 21.2 Å². The van der Waals surface area contributed by atoms with Crippen molar-refractivity contribution >= 4 is 31.9 Å². The summed E-state index contributed by atoms with van der Waals surface area (Å²) in [6.45, 7) is 5.66. The van der Waals surface area contributed by atoms with Gasteiger partial charge < -0.3 is 10.1 Å². The van der Waals surface area contributed by atoms with Crippen molar-refractivity contribution in [3.8, 4) is 0 Å². The monoisotopic (exact) mass is 378 g/mol. The maximum Gasteiger partial charge on any atom is 0.252 e. The molecule has 0 fully saturated rings. The van der Waals surface area contributed by atoms with Gasteiger partial charge in [0.25, 0.3) is 5.91 Å². The lowest BCUT2D eigenvalue weighted by Crippen LogP contribution is -2.47. The van der Waals surface area contributed by atoms with Gasteiger partial charge in [-0.15, -0.1) is 0 Å². The minimum atomic E-state index is -3.89. The third-order valence-corrected chi connectivity index (χ3v) is 4.56. The van der Waals surface area contributed by atoms with Crippen molar-refractivity contribution in [1.29, 1.82) is 0 Å². The number of carbonyl (C=O) groups excluding carboxylic acids is 1. The molecule has 0 unspecified atom stereocenters. The molecule has 0 heterocycles. The van der Waals surface area contributed by atoms with Crippen LogP contribution >= 0.6 is 15.9 Å². The van der Waals surface area contributed by atoms with Crippen LogP contribution in [0.4, 0.5) is 0 Å². The summed E-state index contributed by atoms with van der Waals surface area (Å²) in [5.74, 6) is -0.388. The van der Waals surface area contributed by atoms with Gasteiger partial charge in [0.2, 0.25) is 10.0 Å². The number of benzene rings is 1. The van der Waals surface area contributed by atoms with Crippen molar-refractivity contribution in [3.63, 3.8) is 0 Å². The molecule has 0 aliphatic heterocycles. The molecule has 0 spiro atoms. The Morgan fingerprint density at radius 2 is 2.00 bits per heavy atom. The van der Waals surface area contributed by atoms with Gasteiger partial charge in [-0.3, -0.25) is 4.79 Å². The fourth-order valence-corrected chi connectivity index (χ4v) is 3.00. The summed E-state index contributed by atoms with van der Waals surface area (Å²) in [6.07, 6.45) is 0. The Bertz CT molecular complexity index is 656. The molecular formula is C13H19BrN2O4S. The van der Waals surface area contributed by atoms with Gasteiger partial charge in [-0.25, -0.2) is 13.6 Å². The van der Waals surface area contributed by atoms with E-state index in [0.29, 0.717) is 16.6 Å². The molecular weight excluding hydrogens is 360 g/mol. The van der Waals surface area contributed by atoms with Gasteiger partial charge in [-0.1, -0.05) is 15.9 Å². The zero-order valence-corrected chi connectivity index (χ0v) is 14.8. The number of nitrogens with two attached hydrogens (primary N) is 1. The molecule has 0 bridgehead atoms. The SMILES string of the molecule is COCC(C)(C)NC(=O)c1cc(S(N)(=O)=O)cc(Br)c1C. The number of amides is 1. The number of hydrogen-bond acceptors (Lipinski definition) is 4. The molecule has 1 rings (SSSR count).